The monoisotopic (exact) mass is 361 g/mol. The fraction of sp³-hybridized carbons (Fsp3) is 0.294. The molecule has 0 amide bonds. The van der Waals surface area contributed by atoms with Crippen molar-refractivity contribution in [3.05, 3.63) is 42.5 Å². The molecule has 0 spiro atoms. The highest BCUT2D eigenvalue weighted by Gasteiger charge is 2.10. The van der Waals surface area contributed by atoms with Crippen molar-refractivity contribution in [1.29, 1.82) is 0 Å². The van der Waals surface area contributed by atoms with Crippen molar-refractivity contribution >= 4 is 39.0 Å². The van der Waals surface area contributed by atoms with Gasteiger partial charge in [0.25, 0.3) is 0 Å². The van der Waals surface area contributed by atoms with Gasteiger partial charge in [0.15, 0.2) is 4.34 Å². The molecule has 1 unspecified atom stereocenters. The molecule has 3 rings (SSSR count). The van der Waals surface area contributed by atoms with Crippen molar-refractivity contribution < 1.29 is 9.84 Å². The van der Waals surface area contributed by atoms with Crippen LogP contribution in [-0.4, -0.2) is 40.3 Å². The smallest absolute Gasteiger partial charge is 0.206 e. The Kier molecular flexibility index (Phi) is 5.90. The summed E-state index contributed by atoms with van der Waals surface area (Å²) >= 11 is 2.98. The maximum atomic E-state index is 10.1. The van der Waals surface area contributed by atoms with Crippen LogP contribution in [0.2, 0.25) is 0 Å². The molecule has 0 radical (unpaired) electrons. The summed E-state index contributed by atoms with van der Waals surface area (Å²) in [6.07, 6.45) is -0.562. The van der Waals surface area contributed by atoms with Crippen molar-refractivity contribution in [2.45, 2.75) is 17.4 Å². The molecule has 2 N–H and O–H groups in total. The van der Waals surface area contributed by atoms with Gasteiger partial charge in [-0.1, -0.05) is 53.4 Å². The van der Waals surface area contributed by atoms with Gasteiger partial charge in [-0.05, 0) is 29.8 Å². The van der Waals surface area contributed by atoms with Gasteiger partial charge >= 0.3 is 0 Å². The van der Waals surface area contributed by atoms with Crippen LogP contribution in [-0.2, 0) is 0 Å². The van der Waals surface area contributed by atoms with E-state index in [9.17, 15) is 5.11 Å². The van der Waals surface area contributed by atoms with Crippen molar-refractivity contribution in [2.24, 2.45) is 0 Å². The van der Waals surface area contributed by atoms with Crippen molar-refractivity contribution in [3.8, 4) is 5.75 Å². The third kappa shape index (κ3) is 4.59. The molecular weight excluding hydrogens is 342 g/mol. The largest absolute Gasteiger partial charge is 0.491 e. The first-order valence-electron chi connectivity index (χ1n) is 7.74. The third-order valence-electron chi connectivity index (χ3n) is 3.30. The standard InChI is InChI=1S/C17H19N3O2S2/c1-2-18-16-19-20-17(24-16)23-11-14(21)10-22-15-8-7-12-5-3-4-6-13(12)9-15/h3-9,14,21H,2,10-11H2,1H3,(H,18,19). The lowest BCUT2D eigenvalue weighted by Gasteiger charge is -2.11. The summed E-state index contributed by atoms with van der Waals surface area (Å²) < 4.78 is 6.54. The number of aliphatic hydroxyl groups excluding tert-OH is 1. The number of aliphatic hydroxyl groups is 1. The van der Waals surface area contributed by atoms with Gasteiger partial charge in [0.2, 0.25) is 5.13 Å². The molecule has 0 saturated heterocycles. The summed E-state index contributed by atoms with van der Waals surface area (Å²) in [5, 5.41) is 24.4. The number of thioether (sulfide) groups is 1. The van der Waals surface area contributed by atoms with Gasteiger partial charge in [0.05, 0.1) is 6.10 Å². The van der Waals surface area contributed by atoms with Crippen LogP contribution in [0.5, 0.6) is 5.75 Å². The predicted octanol–water partition coefficient (Wildman–Crippen LogP) is 3.66. The predicted molar refractivity (Wildman–Crippen MR) is 100 cm³/mol. The van der Waals surface area contributed by atoms with E-state index in [2.05, 4.69) is 21.6 Å². The van der Waals surface area contributed by atoms with Crippen LogP contribution in [0.15, 0.2) is 46.8 Å². The van der Waals surface area contributed by atoms with E-state index < -0.39 is 6.10 Å². The summed E-state index contributed by atoms with van der Waals surface area (Å²) in [4.78, 5) is 0. The molecule has 1 heterocycles. The lowest BCUT2D eigenvalue weighted by Crippen LogP contribution is -2.20. The average molecular weight is 361 g/mol. The van der Waals surface area contributed by atoms with Crippen LogP contribution in [0.3, 0.4) is 0 Å². The molecule has 0 saturated carbocycles. The molecule has 0 aliphatic heterocycles. The van der Waals surface area contributed by atoms with Crippen molar-refractivity contribution in [1.82, 2.24) is 10.2 Å². The van der Waals surface area contributed by atoms with Crippen LogP contribution in [0.25, 0.3) is 10.8 Å². The van der Waals surface area contributed by atoms with Gasteiger partial charge in [-0.2, -0.15) is 0 Å². The molecule has 3 aromatic rings. The van der Waals surface area contributed by atoms with E-state index in [-0.39, 0.29) is 6.61 Å². The van der Waals surface area contributed by atoms with E-state index in [1.807, 2.05) is 43.3 Å². The zero-order chi connectivity index (χ0) is 16.8. The van der Waals surface area contributed by atoms with Crippen molar-refractivity contribution in [3.63, 3.8) is 0 Å². The molecular formula is C17H19N3O2S2. The maximum absolute atomic E-state index is 10.1. The Bertz CT molecular complexity index is 794. The first-order valence-corrected chi connectivity index (χ1v) is 9.54. The minimum Gasteiger partial charge on any atom is -0.491 e. The molecule has 0 bridgehead atoms. The average Bonchev–Trinajstić information content (AvgIpc) is 3.06. The first kappa shape index (κ1) is 17.0. The molecule has 7 heteroatoms. The lowest BCUT2D eigenvalue weighted by molar-refractivity contribution is 0.126. The number of anilines is 1. The summed E-state index contributed by atoms with van der Waals surface area (Å²) in [5.41, 5.74) is 0. The van der Waals surface area contributed by atoms with Gasteiger partial charge in [0, 0.05) is 12.3 Å². The van der Waals surface area contributed by atoms with E-state index in [0.717, 1.165) is 27.2 Å². The number of nitrogens with one attached hydrogen (secondary N) is 1. The lowest BCUT2D eigenvalue weighted by atomic mass is 10.1. The molecule has 5 nitrogen and oxygen atoms in total. The molecule has 1 atom stereocenters. The highest BCUT2D eigenvalue weighted by Crippen LogP contribution is 2.26. The first-order chi connectivity index (χ1) is 11.7. The SMILES string of the molecule is CCNc1nnc(SCC(O)COc2ccc3ccccc3c2)s1. The van der Waals surface area contributed by atoms with Crippen LogP contribution < -0.4 is 10.1 Å². The summed E-state index contributed by atoms with van der Waals surface area (Å²) in [5.74, 6) is 1.29. The molecule has 0 aliphatic carbocycles. The van der Waals surface area contributed by atoms with Gasteiger partial charge in [-0.15, -0.1) is 10.2 Å². The molecule has 2 aromatic carbocycles. The molecule has 126 valence electrons. The number of rotatable bonds is 8. The Morgan fingerprint density at radius 1 is 1.21 bits per heavy atom. The Labute approximate surface area is 149 Å². The maximum Gasteiger partial charge on any atom is 0.206 e. The zero-order valence-corrected chi connectivity index (χ0v) is 14.9. The number of aromatic nitrogens is 2. The van der Waals surface area contributed by atoms with E-state index in [1.165, 1.54) is 28.5 Å². The van der Waals surface area contributed by atoms with Crippen molar-refractivity contribution in [2.75, 3.05) is 24.2 Å². The summed E-state index contributed by atoms with van der Waals surface area (Å²) in [6, 6.07) is 14.1. The fourth-order valence-electron chi connectivity index (χ4n) is 2.16. The van der Waals surface area contributed by atoms with E-state index >= 15 is 0 Å². The number of fused-ring (bicyclic) bond motifs is 1. The Balaban J connectivity index is 1.48. The van der Waals surface area contributed by atoms with E-state index in [4.69, 9.17) is 4.74 Å². The second-order valence-electron chi connectivity index (χ2n) is 5.19. The number of hydrogen-bond donors (Lipinski definition) is 2. The van der Waals surface area contributed by atoms with Crippen LogP contribution in [0.4, 0.5) is 5.13 Å². The normalized spacial score (nSPS) is 12.2. The van der Waals surface area contributed by atoms with Gasteiger partial charge in [-0.25, -0.2) is 0 Å². The van der Waals surface area contributed by atoms with Gasteiger partial charge in [-0.3, -0.25) is 0 Å². The van der Waals surface area contributed by atoms with Crippen LogP contribution >= 0.6 is 23.1 Å². The van der Waals surface area contributed by atoms with E-state index in [0.29, 0.717) is 5.75 Å². The molecule has 0 aliphatic rings. The Hall–Kier alpha value is -1.83. The van der Waals surface area contributed by atoms with Gasteiger partial charge < -0.3 is 15.2 Å². The minimum absolute atomic E-state index is 0.254. The molecule has 1 aromatic heterocycles. The summed E-state index contributed by atoms with van der Waals surface area (Å²) in [7, 11) is 0. The molecule has 24 heavy (non-hydrogen) atoms. The zero-order valence-electron chi connectivity index (χ0n) is 13.3. The quantitative estimate of drug-likeness (QED) is 0.597. The third-order valence-corrected chi connectivity index (χ3v) is 5.46. The highest BCUT2D eigenvalue weighted by atomic mass is 32.2. The Morgan fingerprint density at radius 2 is 2.04 bits per heavy atom. The molecule has 0 fully saturated rings. The van der Waals surface area contributed by atoms with Gasteiger partial charge in [0.1, 0.15) is 12.4 Å². The highest BCUT2D eigenvalue weighted by molar-refractivity contribution is 8.01. The van der Waals surface area contributed by atoms with E-state index in [1.54, 1.807) is 0 Å². The number of nitrogens with zero attached hydrogens (tertiary/aromatic N) is 2. The van der Waals surface area contributed by atoms with Crippen LogP contribution in [0.1, 0.15) is 6.92 Å². The second kappa shape index (κ2) is 8.32. The topological polar surface area (TPSA) is 67.3 Å². The number of ether oxygens (including phenoxy) is 1. The van der Waals surface area contributed by atoms with Crippen LogP contribution in [0, 0.1) is 0 Å². The summed E-state index contributed by atoms with van der Waals surface area (Å²) in [6.45, 7) is 3.09. The second-order valence-corrected chi connectivity index (χ2v) is 7.43. The fourth-order valence-corrected chi connectivity index (χ4v) is 3.91. The minimum atomic E-state index is -0.562. The Morgan fingerprint density at radius 3 is 2.88 bits per heavy atom. The number of hydrogen-bond acceptors (Lipinski definition) is 7. The number of benzene rings is 2.